The summed E-state index contributed by atoms with van der Waals surface area (Å²) in [6.07, 6.45) is 0. The lowest BCUT2D eigenvalue weighted by atomic mass is 10.0. The van der Waals surface area contributed by atoms with Gasteiger partial charge in [-0.25, -0.2) is 0 Å². The van der Waals surface area contributed by atoms with Crippen LogP contribution in [0.15, 0.2) is 28.7 Å². The van der Waals surface area contributed by atoms with E-state index in [1.165, 1.54) is 0 Å². The summed E-state index contributed by atoms with van der Waals surface area (Å²) in [6.45, 7) is 2.76. The maximum Gasteiger partial charge on any atom is 0.241 e. The van der Waals surface area contributed by atoms with Gasteiger partial charge in [0.05, 0.1) is 0 Å². The normalized spacial score (nSPS) is 26.1. The number of halogens is 1. The lowest BCUT2D eigenvalue weighted by Gasteiger charge is -2.29. The molecule has 2 N–H and O–H groups in total. The van der Waals surface area contributed by atoms with Crippen LogP contribution in [0.25, 0.3) is 0 Å². The fraction of sp³-hybridized carbons (Fsp3) is 0.364. The van der Waals surface area contributed by atoms with Gasteiger partial charge in [0.25, 0.3) is 0 Å². The predicted octanol–water partition coefficient (Wildman–Crippen LogP) is 1.60. The minimum Gasteiger partial charge on any atom is -0.353 e. The molecule has 1 fully saturated rings. The van der Waals surface area contributed by atoms with Crippen LogP contribution in [-0.2, 0) is 4.79 Å². The van der Waals surface area contributed by atoms with Gasteiger partial charge in [0.1, 0.15) is 6.04 Å². The van der Waals surface area contributed by atoms with Gasteiger partial charge >= 0.3 is 0 Å². The fourth-order valence-corrected chi connectivity index (χ4v) is 2.13. The zero-order valence-corrected chi connectivity index (χ0v) is 10.0. The highest BCUT2D eigenvalue weighted by Crippen LogP contribution is 2.20. The van der Waals surface area contributed by atoms with Crippen LogP contribution in [0.1, 0.15) is 18.5 Å². The molecule has 2 atom stereocenters. The molecule has 1 aromatic rings. The van der Waals surface area contributed by atoms with Gasteiger partial charge in [0.2, 0.25) is 5.91 Å². The largest absolute Gasteiger partial charge is 0.353 e. The molecule has 1 aliphatic heterocycles. The van der Waals surface area contributed by atoms with Crippen LogP contribution in [-0.4, -0.2) is 18.5 Å². The minimum absolute atomic E-state index is 0.0474. The maximum absolute atomic E-state index is 11.7. The van der Waals surface area contributed by atoms with Gasteiger partial charge in [0.15, 0.2) is 0 Å². The molecule has 0 aromatic heterocycles. The average molecular weight is 269 g/mol. The van der Waals surface area contributed by atoms with Crippen LogP contribution < -0.4 is 10.6 Å². The third kappa shape index (κ3) is 2.38. The highest BCUT2D eigenvalue weighted by molar-refractivity contribution is 9.10. The number of amides is 1. The van der Waals surface area contributed by atoms with Crippen molar-refractivity contribution in [2.75, 3.05) is 6.54 Å². The number of piperazine rings is 1. The second-order valence-electron chi connectivity index (χ2n) is 3.80. The van der Waals surface area contributed by atoms with E-state index in [0.29, 0.717) is 12.6 Å². The van der Waals surface area contributed by atoms with Crippen molar-refractivity contribution in [1.29, 1.82) is 0 Å². The lowest BCUT2D eigenvalue weighted by molar-refractivity contribution is -0.125. The summed E-state index contributed by atoms with van der Waals surface area (Å²) in [5, 5.41) is 6.16. The molecule has 0 spiro atoms. The molecule has 1 aromatic carbocycles. The van der Waals surface area contributed by atoms with E-state index in [1.807, 2.05) is 24.3 Å². The Morgan fingerprint density at radius 3 is 3.00 bits per heavy atom. The van der Waals surface area contributed by atoms with Gasteiger partial charge in [-0.3, -0.25) is 10.1 Å². The average Bonchev–Trinajstić information content (AvgIpc) is 2.22. The second kappa shape index (κ2) is 4.33. The van der Waals surface area contributed by atoms with Gasteiger partial charge in [-0.15, -0.1) is 0 Å². The summed E-state index contributed by atoms with van der Waals surface area (Å²) in [6, 6.07) is 7.90. The van der Waals surface area contributed by atoms with Gasteiger partial charge in [-0.1, -0.05) is 28.1 Å². The number of nitrogens with one attached hydrogen (secondary N) is 2. The molecule has 2 unspecified atom stereocenters. The van der Waals surface area contributed by atoms with Crippen molar-refractivity contribution in [3.05, 3.63) is 34.3 Å². The molecule has 15 heavy (non-hydrogen) atoms. The van der Waals surface area contributed by atoms with Crippen LogP contribution in [0.2, 0.25) is 0 Å². The molecular weight excluding hydrogens is 256 g/mol. The van der Waals surface area contributed by atoms with Crippen LogP contribution in [0.5, 0.6) is 0 Å². The predicted molar refractivity (Wildman–Crippen MR) is 62.5 cm³/mol. The zero-order valence-electron chi connectivity index (χ0n) is 8.46. The van der Waals surface area contributed by atoms with Crippen molar-refractivity contribution in [3.63, 3.8) is 0 Å². The molecule has 1 aliphatic rings. The second-order valence-corrected chi connectivity index (χ2v) is 4.72. The Kier molecular flexibility index (Phi) is 3.07. The first-order valence-electron chi connectivity index (χ1n) is 4.96. The standard InChI is InChI=1S/C11H13BrN2O/c1-7-6-13-11(15)10(14-7)8-3-2-4-9(12)5-8/h2-5,7,10,14H,6H2,1H3,(H,13,15). The summed E-state index contributed by atoms with van der Waals surface area (Å²) in [7, 11) is 0. The Balaban J connectivity index is 2.25. The van der Waals surface area contributed by atoms with Gasteiger partial charge in [-0.05, 0) is 24.6 Å². The summed E-state index contributed by atoms with van der Waals surface area (Å²) in [5.41, 5.74) is 0.994. The van der Waals surface area contributed by atoms with E-state index in [4.69, 9.17) is 0 Å². The summed E-state index contributed by atoms with van der Waals surface area (Å²) in [5.74, 6) is 0.0474. The van der Waals surface area contributed by atoms with E-state index in [2.05, 4.69) is 33.5 Å². The van der Waals surface area contributed by atoms with Crippen LogP contribution in [0.3, 0.4) is 0 Å². The number of hydrogen-bond donors (Lipinski definition) is 2. The number of carbonyl (C=O) groups excluding carboxylic acids is 1. The Morgan fingerprint density at radius 2 is 2.27 bits per heavy atom. The highest BCUT2D eigenvalue weighted by atomic mass is 79.9. The van der Waals surface area contributed by atoms with Crippen molar-refractivity contribution >= 4 is 21.8 Å². The Morgan fingerprint density at radius 1 is 1.47 bits per heavy atom. The van der Waals surface area contributed by atoms with Gasteiger partial charge in [-0.2, -0.15) is 0 Å². The van der Waals surface area contributed by atoms with Crippen molar-refractivity contribution < 1.29 is 4.79 Å². The molecular formula is C11H13BrN2O. The number of benzene rings is 1. The molecule has 0 bridgehead atoms. The number of rotatable bonds is 1. The molecule has 0 aliphatic carbocycles. The molecule has 1 saturated heterocycles. The first-order valence-corrected chi connectivity index (χ1v) is 5.75. The molecule has 1 amide bonds. The SMILES string of the molecule is CC1CNC(=O)C(c2cccc(Br)c2)N1. The van der Waals surface area contributed by atoms with Gasteiger partial charge in [0, 0.05) is 17.1 Å². The maximum atomic E-state index is 11.7. The van der Waals surface area contributed by atoms with E-state index in [0.717, 1.165) is 10.0 Å². The monoisotopic (exact) mass is 268 g/mol. The van der Waals surface area contributed by atoms with Crippen LogP contribution in [0, 0.1) is 0 Å². The molecule has 80 valence electrons. The van der Waals surface area contributed by atoms with E-state index >= 15 is 0 Å². The Labute approximate surface area is 97.4 Å². The molecule has 3 nitrogen and oxygen atoms in total. The first-order chi connectivity index (χ1) is 7.16. The Bertz CT molecular complexity index is 381. The zero-order chi connectivity index (χ0) is 10.8. The molecule has 0 radical (unpaired) electrons. The number of hydrogen-bond acceptors (Lipinski definition) is 2. The molecule has 4 heteroatoms. The van der Waals surface area contributed by atoms with Crippen LogP contribution >= 0.6 is 15.9 Å². The molecule has 1 heterocycles. The smallest absolute Gasteiger partial charge is 0.241 e. The van der Waals surface area contributed by atoms with E-state index < -0.39 is 0 Å². The highest BCUT2D eigenvalue weighted by Gasteiger charge is 2.26. The van der Waals surface area contributed by atoms with E-state index in [-0.39, 0.29) is 11.9 Å². The van der Waals surface area contributed by atoms with Crippen molar-refractivity contribution in [1.82, 2.24) is 10.6 Å². The minimum atomic E-state index is -0.230. The topological polar surface area (TPSA) is 41.1 Å². The van der Waals surface area contributed by atoms with Crippen molar-refractivity contribution in [3.8, 4) is 0 Å². The third-order valence-electron chi connectivity index (χ3n) is 2.48. The molecule has 0 saturated carbocycles. The number of carbonyl (C=O) groups is 1. The van der Waals surface area contributed by atoms with Crippen molar-refractivity contribution in [2.24, 2.45) is 0 Å². The van der Waals surface area contributed by atoms with E-state index in [9.17, 15) is 4.79 Å². The summed E-state index contributed by atoms with van der Waals surface area (Å²) < 4.78 is 0.993. The summed E-state index contributed by atoms with van der Waals surface area (Å²) in [4.78, 5) is 11.7. The third-order valence-corrected chi connectivity index (χ3v) is 2.97. The quantitative estimate of drug-likeness (QED) is 0.813. The van der Waals surface area contributed by atoms with Crippen molar-refractivity contribution in [2.45, 2.75) is 19.0 Å². The van der Waals surface area contributed by atoms with Crippen LogP contribution in [0.4, 0.5) is 0 Å². The molecule has 2 rings (SSSR count). The first kappa shape index (κ1) is 10.6. The van der Waals surface area contributed by atoms with Gasteiger partial charge < -0.3 is 5.32 Å². The lowest BCUT2D eigenvalue weighted by Crippen LogP contribution is -2.52. The fourth-order valence-electron chi connectivity index (χ4n) is 1.71. The Hall–Kier alpha value is -0.870. The summed E-state index contributed by atoms with van der Waals surface area (Å²) >= 11 is 3.40. The van der Waals surface area contributed by atoms with E-state index in [1.54, 1.807) is 0 Å².